The first-order valence-corrected chi connectivity index (χ1v) is 8.04. The molecule has 4 nitrogen and oxygen atoms in total. The molecule has 0 aromatic rings. The van der Waals surface area contributed by atoms with Crippen molar-refractivity contribution < 1.29 is 9.90 Å². The number of piperidine rings is 1. The summed E-state index contributed by atoms with van der Waals surface area (Å²) in [6.07, 6.45) is 6.38. The number of aliphatic carboxylic acids is 1. The van der Waals surface area contributed by atoms with Crippen LogP contribution in [-0.2, 0) is 4.79 Å². The van der Waals surface area contributed by atoms with Crippen molar-refractivity contribution in [3.05, 3.63) is 0 Å². The lowest BCUT2D eigenvalue weighted by atomic mass is 9.81. The van der Waals surface area contributed by atoms with E-state index in [0.29, 0.717) is 5.41 Å². The molecule has 0 amide bonds. The number of likely N-dealkylation sites (tertiary alicyclic amines) is 1. The molecule has 0 spiro atoms. The third-order valence-corrected chi connectivity index (χ3v) is 5.65. The van der Waals surface area contributed by atoms with Crippen molar-refractivity contribution in [2.75, 3.05) is 26.7 Å². The second-order valence-electron chi connectivity index (χ2n) is 7.41. The van der Waals surface area contributed by atoms with Gasteiger partial charge in [0, 0.05) is 0 Å². The Bertz CT molecular complexity index is 346. The van der Waals surface area contributed by atoms with Gasteiger partial charge in [0.2, 0.25) is 0 Å². The lowest BCUT2D eigenvalue weighted by Crippen LogP contribution is -2.53. The monoisotopic (exact) mass is 282 g/mol. The van der Waals surface area contributed by atoms with Gasteiger partial charge in [-0.25, -0.2) is 0 Å². The Hall–Kier alpha value is -0.610. The maximum atomic E-state index is 11.6. The molecule has 0 aromatic carbocycles. The van der Waals surface area contributed by atoms with Gasteiger partial charge in [0.1, 0.15) is 5.54 Å². The number of carboxylic acids is 1. The largest absolute Gasteiger partial charge is 0.480 e. The first-order valence-electron chi connectivity index (χ1n) is 8.04. The van der Waals surface area contributed by atoms with E-state index in [-0.39, 0.29) is 5.92 Å². The van der Waals surface area contributed by atoms with Crippen LogP contribution in [0.25, 0.3) is 0 Å². The SMILES string of the molecule is CNC1(C(=O)O)CCCC1CCN1CCC(C)(C)CC1. The average Bonchev–Trinajstić information content (AvgIpc) is 2.81. The highest BCUT2D eigenvalue weighted by atomic mass is 16.4. The maximum Gasteiger partial charge on any atom is 0.324 e. The van der Waals surface area contributed by atoms with E-state index in [2.05, 4.69) is 24.1 Å². The molecule has 0 radical (unpaired) electrons. The lowest BCUT2D eigenvalue weighted by molar-refractivity contribution is -0.146. The third-order valence-electron chi connectivity index (χ3n) is 5.65. The van der Waals surface area contributed by atoms with Crippen LogP contribution in [0.4, 0.5) is 0 Å². The van der Waals surface area contributed by atoms with E-state index in [1.807, 2.05) is 0 Å². The van der Waals surface area contributed by atoms with Gasteiger partial charge in [-0.3, -0.25) is 4.79 Å². The van der Waals surface area contributed by atoms with E-state index in [0.717, 1.165) is 32.2 Å². The van der Waals surface area contributed by atoms with Crippen LogP contribution in [0.3, 0.4) is 0 Å². The van der Waals surface area contributed by atoms with Crippen molar-refractivity contribution in [2.24, 2.45) is 11.3 Å². The minimum atomic E-state index is -0.672. The van der Waals surface area contributed by atoms with Crippen molar-refractivity contribution in [3.8, 4) is 0 Å². The summed E-state index contributed by atoms with van der Waals surface area (Å²) in [4.78, 5) is 14.1. The van der Waals surface area contributed by atoms with Gasteiger partial charge < -0.3 is 15.3 Å². The van der Waals surface area contributed by atoms with E-state index in [1.54, 1.807) is 7.05 Å². The van der Waals surface area contributed by atoms with Gasteiger partial charge in [-0.2, -0.15) is 0 Å². The first-order chi connectivity index (χ1) is 9.39. The lowest BCUT2D eigenvalue weighted by Gasteiger charge is -2.38. The maximum absolute atomic E-state index is 11.6. The Kier molecular flexibility index (Phi) is 4.75. The van der Waals surface area contributed by atoms with Crippen LogP contribution >= 0.6 is 0 Å². The van der Waals surface area contributed by atoms with Gasteiger partial charge in [0.25, 0.3) is 0 Å². The van der Waals surface area contributed by atoms with Gasteiger partial charge in [-0.15, -0.1) is 0 Å². The smallest absolute Gasteiger partial charge is 0.324 e. The van der Waals surface area contributed by atoms with Crippen LogP contribution in [0.15, 0.2) is 0 Å². The van der Waals surface area contributed by atoms with Gasteiger partial charge in [-0.1, -0.05) is 20.3 Å². The average molecular weight is 282 g/mol. The van der Waals surface area contributed by atoms with Crippen LogP contribution in [0.2, 0.25) is 0 Å². The minimum Gasteiger partial charge on any atom is -0.480 e. The molecule has 1 saturated heterocycles. The molecule has 4 heteroatoms. The number of carbonyl (C=O) groups is 1. The second-order valence-corrected chi connectivity index (χ2v) is 7.41. The number of nitrogens with one attached hydrogen (secondary N) is 1. The summed E-state index contributed by atoms with van der Waals surface area (Å²) >= 11 is 0. The number of carboxylic acid groups (broad SMARTS) is 1. The highest BCUT2D eigenvalue weighted by Gasteiger charge is 2.47. The van der Waals surface area contributed by atoms with Gasteiger partial charge >= 0.3 is 5.97 Å². The van der Waals surface area contributed by atoms with Gasteiger partial charge in [0.05, 0.1) is 0 Å². The Labute approximate surface area is 122 Å². The second kappa shape index (κ2) is 6.02. The normalized spacial score (nSPS) is 34.2. The Balaban J connectivity index is 1.86. The topological polar surface area (TPSA) is 52.6 Å². The molecule has 116 valence electrons. The summed E-state index contributed by atoms with van der Waals surface area (Å²) < 4.78 is 0. The zero-order chi connectivity index (χ0) is 14.8. The molecule has 1 heterocycles. The van der Waals surface area contributed by atoms with Crippen LogP contribution in [0.1, 0.15) is 52.4 Å². The molecule has 1 aliphatic carbocycles. The van der Waals surface area contributed by atoms with Crippen molar-refractivity contribution >= 4 is 5.97 Å². The van der Waals surface area contributed by atoms with E-state index in [4.69, 9.17) is 0 Å². The molecule has 2 rings (SSSR count). The number of nitrogens with zero attached hydrogens (tertiary/aromatic N) is 1. The fraction of sp³-hybridized carbons (Fsp3) is 0.938. The number of hydrogen-bond acceptors (Lipinski definition) is 3. The molecular formula is C16H30N2O2. The number of hydrogen-bond donors (Lipinski definition) is 2. The van der Waals surface area contributed by atoms with E-state index >= 15 is 0 Å². The highest BCUT2D eigenvalue weighted by Crippen LogP contribution is 2.38. The van der Waals surface area contributed by atoms with Crippen LogP contribution in [0, 0.1) is 11.3 Å². The molecule has 2 fully saturated rings. The van der Waals surface area contributed by atoms with Crippen LogP contribution < -0.4 is 5.32 Å². The minimum absolute atomic E-state index is 0.278. The molecule has 0 aromatic heterocycles. The zero-order valence-corrected chi connectivity index (χ0v) is 13.2. The summed E-state index contributed by atoms with van der Waals surface area (Å²) in [5, 5.41) is 12.7. The molecule has 20 heavy (non-hydrogen) atoms. The number of rotatable bonds is 5. The van der Waals surface area contributed by atoms with Crippen LogP contribution in [-0.4, -0.2) is 48.2 Å². The third kappa shape index (κ3) is 3.17. The predicted octanol–water partition coefficient (Wildman–Crippen LogP) is 2.34. The van der Waals surface area contributed by atoms with Crippen molar-refractivity contribution in [3.63, 3.8) is 0 Å². The van der Waals surface area contributed by atoms with Gasteiger partial charge in [0.15, 0.2) is 0 Å². The zero-order valence-electron chi connectivity index (χ0n) is 13.2. The first kappa shape index (κ1) is 15.8. The van der Waals surface area contributed by atoms with Gasteiger partial charge in [-0.05, 0) is 70.1 Å². The molecule has 1 saturated carbocycles. The summed E-state index contributed by atoms with van der Waals surface area (Å²) in [5.74, 6) is -0.387. The Morgan fingerprint density at radius 1 is 1.30 bits per heavy atom. The van der Waals surface area contributed by atoms with Crippen molar-refractivity contribution in [2.45, 2.75) is 57.9 Å². The quantitative estimate of drug-likeness (QED) is 0.812. The van der Waals surface area contributed by atoms with E-state index in [1.165, 1.54) is 25.9 Å². The highest BCUT2D eigenvalue weighted by molar-refractivity contribution is 5.79. The summed E-state index contributed by atoms with van der Waals surface area (Å²) in [6.45, 7) is 8.08. The fourth-order valence-electron chi connectivity index (χ4n) is 3.91. The predicted molar refractivity (Wildman–Crippen MR) is 80.8 cm³/mol. The van der Waals surface area contributed by atoms with E-state index < -0.39 is 11.5 Å². The van der Waals surface area contributed by atoms with Crippen molar-refractivity contribution in [1.29, 1.82) is 0 Å². The number of likely N-dealkylation sites (N-methyl/N-ethyl adjacent to an activating group) is 1. The molecular weight excluding hydrogens is 252 g/mol. The van der Waals surface area contributed by atoms with Crippen molar-refractivity contribution in [1.82, 2.24) is 10.2 Å². The summed E-state index contributed by atoms with van der Waals surface area (Å²) in [7, 11) is 1.80. The standard InChI is InChI=1S/C16H30N2O2/c1-15(2)8-11-18(12-9-15)10-6-13-5-4-7-16(13,17-3)14(19)20/h13,17H,4-12H2,1-3H3,(H,19,20). The summed E-state index contributed by atoms with van der Waals surface area (Å²) in [6, 6.07) is 0. The molecule has 2 atom stereocenters. The van der Waals surface area contributed by atoms with E-state index in [9.17, 15) is 9.90 Å². The molecule has 0 bridgehead atoms. The Morgan fingerprint density at radius 3 is 2.50 bits per heavy atom. The summed E-state index contributed by atoms with van der Waals surface area (Å²) in [5.41, 5.74) is -0.186. The molecule has 2 aliphatic rings. The Morgan fingerprint density at radius 2 is 1.95 bits per heavy atom. The molecule has 2 unspecified atom stereocenters. The molecule has 1 aliphatic heterocycles. The van der Waals surface area contributed by atoms with Crippen LogP contribution in [0.5, 0.6) is 0 Å². The fourth-order valence-corrected chi connectivity index (χ4v) is 3.91. The molecule has 2 N–H and O–H groups in total.